The van der Waals surface area contributed by atoms with E-state index < -0.39 is 106 Å². The molecule has 0 nitrogen and oxygen atoms in total. The van der Waals surface area contributed by atoms with Crippen molar-refractivity contribution in [1.29, 1.82) is 0 Å². The second kappa shape index (κ2) is 16.4. The number of rotatable bonds is 10. The third kappa shape index (κ3) is 6.10. The van der Waals surface area contributed by atoms with Crippen LogP contribution >= 0.6 is 14.3 Å². The standard InChI is InChI=1S/C50H62B2F10P2/c1-23(2)31-19-33(25(5)6)49(34(20-31)26(7)8)63-17-15-52(29(63)13,38-41(55)45(59)48(62)46(60)42(38)56)64(50-35(27(9)10)21-32(24(3)4)22-36(50)28(11)12)18-16-51(63,30(64)14)37-39(53)43(57)47(61)44(58)40(37)54/h19-30H,15-18H2,1-14H3/t29-,30+,51-,52+,63?,64?. The van der Waals surface area contributed by atoms with Gasteiger partial charge in [-0.3, -0.25) is 0 Å². The molecule has 7 rings (SSSR count). The van der Waals surface area contributed by atoms with Crippen molar-refractivity contribution in [2.24, 2.45) is 0 Å². The van der Waals surface area contributed by atoms with Crippen molar-refractivity contribution < 1.29 is 43.9 Å². The lowest BCUT2D eigenvalue weighted by molar-refractivity contribution is 0.383. The Kier molecular flexibility index (Phi) is 12.6. The van der Waals surface area contributed by atoms with Gasteiger partial charge >= 0.3 is 0 Å². The maximum atomic E-state index is 17.5. The van der Waals surface area contributed by atoms with Gasteiger partial charge in [0, 0.05) is 0 Å². The van der Waals surface area contributed by atoms with Gasteiger partial charge < -0.3 is 0 Å². The summed E-state index contributed by atoms with van der Waals surface area (Å²) in [6.45, 7) is 27.6. The molecule has 0 aromatic heterocycles. The number of fused-ring (bicyclic) bond motifs is 6. The molecule has 3 heterocycles. The number of halogens is 10. The third-order valence-corrected chi connectivity index (χ3v) is 31.4. The van der Waals surface area contributed by atoms with E-state index in [9.17, 15) is 0 Å². The molecule has 3 aliphatic heterocycles. The lowest BCUT2D eigenvalue weighted by atomic mass is 9.36. The zero-order valence-corrected chi connectivity index (χ0v) is 41.4. The van der Waals surface area contributed by atoms with Crippen LogP contribution in [0.3, 0.4) is 0 Å². The van der Waals surface area contributed by atoms with Crippen molar-refractivity contribution in [3.8, 4) is 0 Å². The molecule has 0 N–H and O–H groups in total. The summed E-state index contributed by atoms with van der Waals surface area (Å²) in [6, 6.07) is 8.23. The van der Waals surface area contributed by atoms with Gasteiger partial charge in [0.2, 0.25) is 11.7 Å². The molecule has 348 valence electrons. The summed E-state index contributed by atoms with van der Waals surface area (Å²) in [6.07, 6.45) is 0.0360. The summed E-state index contributed by atoms with van der Waals surface area (Å²) in [5, 5.41) is 1.50. The maximum absolute atomic E-state index is 17.5. The van der Waals surface area contributed by atoms with Crippen LogP contribution in [0.1, 0.15) is 166 Å². The SMILES string of the molecule is CC(C)c1cc(C(C)C)c([P+]23CC[B@@-](c4c(F)c(F)c(F)c(F)c4F)([C@H]2C)[P+]2(c4c(C(C)C)cc(C(C)C)cc4C(C)C)CC[B@-]3(c3c(F)c(F)c(F)c(F)c3F)[C@@H]2C)c(C(C)C)c1. The fourth-order valence-corrected chi connectivity index (χ4v) is 34.6. The Bertz CT molecular complexity index is 2280. The van der Waals surface area contributed by atoms with Crippen LogP contribution < -0.4 is 21.5 Å². The predicted molar refractivity (Wildman–Crippen MR) is 252 cm³/mol. The van der Waals surface area contributed by atoms with Gasteiger partial charge in [-0.05, 0) is 92.3 Å². The maximum Gasteiger partial charge on any atom is 0.238 e. The van der Waals surface area contributed by atoms with Gasteiger partial charge in [-0.1, -0.05) is 132 Å². The number of hydrogen-bond donors (Lipinski definition) is 0. The molecule has 2 unspecified atom stereocenters. The van der Waals surface area contributed by atoms with Crippen molar-refractivity contribution in [3.63, 3.8) is 0 Å². The molecular weight excluding hydrogens is 874 g/mol. The minimum Gasteiger partial charge on any atom is -0.207 e. The fraction of sp³-hybridized carbons (Fsp3) is 0.520. The molecule has 64 heavy (non-hydrogen) atoms. The molecule has 0 spiro atoms. The molecular formula is C50H62B2F10P2. The molecule has 0 aliphatic carbocycles. The average Bonchev–Trinajstić information content (AvgIpc) is 3.66. The highest BCUT2D eigenvalue weighted by molar-refractivity contribution is 8.32. The van der Waals surface area contributed by atoms with E-state index in [1.165, 1.54) is 0 Å². The molecule has 6 atom stereocenters. The van der Waals surface area contributed by atoms with Gasteiger partial charge in [0.15, 0.2) is 34.9 Å². The summed E-state index contributed by atoms with van der Waals surface area (Å²) in [4.78, 5) is 0. The van der Waals surface area contributed by atoms with Crippen LogP contribution in [-0.2, 0) is 0 Å². The summed E-state index contributed by atoms with van der Waals surface area (Å²) in [5.74, 6) is -27.2. The van der Waals surface area contributed by atoms with Crippen LogP contribution in [0.4, 0.5) is 43.9 Å². The van der Waals surface area contributed by atoms with E-state index in [-0.39, 0.29) is 60.5 Å². The molecule has 4 aromatic rings. The van der Waals surface area contributed by atoms with Crippen molar-refractivity contribution in [2.75, 3.05) is 12.3 Å². The van der Waals surface area contributed by atoms with E-state index in [2.05, 4.69) is 24.3 Å². The summed E-state index contributed by atoms with van der Waals surface area (Å²) in [5.41, 5.74) is 1.58. The van der Waals surface area contributed by atoms with Crippen LogP contribution in [0.15, 0.2) is 24.3 Å². The van der Waals surface area contributed by atoms with Crippen molar-refractivity contribution in [3.05, 3.63) is 116 Å². The fourth-order valence-electron chi connectivity index (χ4n) is 14.4. The Balaban J connectivity index is 1.86. The first kappa shape index (κ1) is 49.1. The van der Waals surface area contributed by atoms with Crippen molar-refractivity contribution in [2.45, 2.75) is 156 Å². The van der Waals surface area contributed by atoms with Crippen LogP contribution in [0.5, 0.6) is 0 Å². The zero-order chi connectivity index (χ0) is 47.8. The minimum absolute atomic E-state index is 0.0280. The Morgan fingerprint density at radius 1 is 0.375 bits per heavy atom. The van der Waals surface area contributed by atoms with Crippen LogP contribution in [0.25, 0.3) is 0 Å². The van der Waals surface area contributed by atoms with Gasteiger partial charge in [0.1, 0.15) is 23.3 Å². The first-order chi connectivity index (χ1) is 29.7. The number of hydrogen-bond acceptors (Lipinski definition) is 0. The molecule has 4 bridgehead atoms. The number of benzene rings is 4. The van der Waals surface area contributed by atoms with E-state index in [0.717, 1.165) is 44.0 Å². The molecule has 3 saturated heterocycles. The molecule has 3 aliphatic rings. The van der Waals surface area contributed by atoms with Gasteiger partial charge in [0.05, 0.1) is 10.6 Å². The predicted octanol–water partition coefficient (Wildman–Crippen LogP) is 14.4. The topological polar surface area (TPSA) is 0 Å². The van der Waals surface area contributed by atoms with E-state index in [0.29, 0.717) is 0 Å². The molecule has 0 saturated carbocycles. The highest BCUT2D eigenvalue weighted by Gasteiger charge is 2.86. The van der Waals surface area contributed by atoms with E-state index in [4.69, 9.17) is 0 Å². The van der Waals surface area contributed by atoms with Gasteiger partial charge in [-0.2, -0.15) is 0 Å². The van der Waals surface area contributed by atoms with Gasteiger partial charge in [0.25, 0.3) is 0 Å². The first-order valence-electron chi connectivity index (χ1n) is 23.2. The normalized spacial score (nSPS) is 26.7. The van der Waals surface area contributed by atoms with Gasteiger partial charge in [-0.15, -0.1) is 26.9 Å². The summed E-state index contributed by atoms with van der Waals surface area (Å²) in [7, 11) is -7.26. The average molecular weight is 937 g/mol. The second-order valence-electron chi connectivity index (χ2n) is 21.5. The van der Waals surface area contributed by atoms with Crippen molar-refractivity contribution >= 4 is 47.5 Å². The lowest BCUT2D eigenvalue weighted by Gasteiger charge is -2.65. The molecule has 0 amide bonds. The van der Waals surface area contributed by atoms with E-state index in [1.807, 2.05) is 83.1 Å². The Labute approximate surface area is 374 Å². The largest absolute Gasteiger partial charge is 0.238 e. The summed E-state index contributed by atoms with van der Waals surface area (Å²) < 4.78 is 165. The minimum atomic E-state index is -3.63. The molecule has 3 fully saturated rings. The van der Waals surface area contributed by atoms with E-state index >= 15 is 43.9 Å². The highest BCUT2D eigenvalue weighted by Crippen LogP contribution is 2.96. The smallest absolute Gasteiger partial charge is 0.207 e. The Morgan fingerprint density at radius 3 is 0.797 bits per heavy atom. The van der Waals surface area contributed by atoms with Crippen LogP contribution in [0.2, 0.25) is 12.6 Å². The zero-order valence-electron chi connectivity index (χ0n) is 39.6. The Hall–Kier alpha value is -2.83. The monoisotopic (exact) mass is 936 g/mol. The molecule has 14 heteroatoms. The molecule has 0 radical (unpaired) electrons. The van der Waals surface area contributed by atoms with Crippen LogP contribution in [-0.4, -0.2) is 35.2 Å². The van der Waals surface area contributed by atoms with Crippen LogP contribution in [0, 0.1) is 58.2 Å². The van der Waals surface area contributed by atoms with Gasteiger partial charge in [-0.25, -0.2) is 43.9 Å². The first-order valence-corrected chi connectivity index (χ1v) is 27.4. The van der Waals surface area contributed by atoms with E-state index in [1.54, 1.807) is 13.8 Å². The lowest BCUT2D eigenvalue weighted by Crippen LogP contribution is -2.73. The second-order valence-corrected chi connectivity index (χ2v) is 30.5. The summed E-state index contributed by atoms with van der Waals surface area (Å²) >= 11 is 0. The highest BCUT2D eigenvalue weighted by atomic mass is 31.2. The van der Waals surface area contributed by atoms with Crippen molar-refractivity contribution in [1.82, 2.24) is 0 Å². The third-order valence-electron chi connectivity index (χ3n) is 17.1. The molecule has 4 aromatic carbocycles. The quantitative estimate of drug-likeness (QED) is 0.0489. The Morgan fingerprint density at radius 2 is 0.594 bits per heavy atom.